The normalized spacial score (nSPS) is 19.6. The summed E-state index contributed by atoms with van der Waals surface area (Å²) in [5.74, 6) is 0.0609. The molecule has 3 rings (SSSR count). The van der Waals surface area contributed by atoms with Gasteiger partial charge < -0.3 is 16.0 Å². The first kappa shape index (κ1) is 22.2. The Morgan fingerprint density at radius 1 is 1.14 bits per heavy atom. The molecule has 1 heterocycles. The third-order valence-corrected chi connectivity index (χ3v) is 5.36. The SMILES string of the molecule is CC(NC(=O)c1ccc(Cl)cc1)C(=O)N1C[C@@H](CN)[C@H](c2ccccc2)C1.Cl. The molecular formula is C21H25Cl2N3O2. The summed E-state index contributed by atoms with van der Waals surface area (Å²) in [6.45, 7) is 3.46. The largest absolute Gasteiger partial charge is 0.341 e. The van der Waals surface area contributed by atoms with E-state index in [1.165, 1.54) is 5.56 Å². The summed E-state index contributed by atoms with van der Waals surface area (Å²) in [6.07, 6.45) is 0. The fourth-order valence-corrected chi connectivity index (χ4v) is 3.71. The Morgan fingerprint density at radius 2 is 1.79 bits per heavy atom. The second-order valence-electron chi connectivity index (χ2n) is 6.96. The van der Waals surface area contributed by atoms with E-state index in [0.717, 1.165) is 0 Å². The Morgan fingerprint density at radius 3 is 2.39 bits per heavy atom. The molecule has 1 saturated heterocycles. The number of hydrogen-bond acceptors (Lipinski definition) is 3. The molecule has 150 valence electrons. The topological polar surface area (TPSA) is 75.4 Å². The van der Waals surface area contributed by atoms with Crippen molar-refractivity contribution in [3.05, 3.63) is 70.7 Å². The predicted octanol–water partition coefficient (Wildman–Crippen LogP) is 3.08. The average Bonchev–Trinajstić information content (AvgIpc) is 3.13. The highest BCUT2D eigenvalue weighted by Crippen LogP contribution is 2.32. The van der Waals surface area contributed by atoms with Gasteiger partial charge in [-0.15, -0.1) is 12.4 Å². The van der Waals surface area contributed by atoms with Crippen LogP contribution in [0.2, 0.25) is 5.02 Å². The van der Waals surface area contributed by atoms with Crippen molar-refractivity contribution in [2.24, 2.45) is 11.7 Å². The molecule has 1 fully saturated rings. The van der Waals surface area contributed by atoms with Crippen molar-refractivity contribution in [1.82, 2.24) is 10.2 Å². The van der Waals surface area contributed by atoms with Crippen LogP contribution >= 0.6 is 24.0 Å². The summed E-state index contributed by atoms with van der Waals surface area (Å²) in [5.41, 5.74) is 7.62. The van der Waals surface area contributed by atoms with Crippen LogP contribution in [-0.4, -0.2) is 42.4 Å². The van der Waals surface area contributed by atoms with E-state index in [1.54, 1.807) is 31.2 Å². The van der Waals surface area contributed by atoms with Gasteiger partial charge >= 0.3 is 0 Å². The molecule has 3 atom stereocenters. The van der Waals surface area contributed by atoms with E-state index in [2.05, 4.69) is 17.4 Å². The third-order valence-electron chi connectivity index (χ3n) is 5.11. The number of nitrogens with zero attached hydrogens (tertiary/aromatic N) is 1. The zero-order valence-corrected chi connectivity index (χ0v) is 17.2. The predicted molar refractivity (Wildman–Crippen MR) is 114 cm³/mol. The van der Waals surface area contributed by atoms with E-state index in [0.29, 0.717) is 30.2 Å². The third kappa shape index (κ3) is 5.04. The zero-order chi connectivity index (χ0) is 19.4. The molecule has 0 radical (unpaired) electrons. The highest BCUT2D eigenvalue weighted by atomic mass is 35.5. The van der Waals surface area contributed by atoms with Crippen LogP contribution in [0, 0.1) is 5.92 Å². The Balaban J connectivity index is 0.00000280. The summed E-state index contributed by atoms with van der Waals surface area (Å²) in [5, 5.41) is 3.34. The highest BCUT2D eigenvalue weighted by Gasteiger charge is 2.36. The number of carbonyl (C=O) groups is 2. The van der Waals surface area contributed by atoms with Gasteiger partial charge in [-0.2, -0.15) is 0 Å². The first-order valence-corrected chi connectivity index (χ1v) is 9.47. The van der Waals surface area contributed by atoms with E-state index >= 15 is 0 Å². The Labute approximate surface area is 176 Å². The molecule has 1 aliphatic rings. The summed E-state index contributed by atoms with van der Waals surface area (Å²) >= 11 is 5.85. The minimum atomic E-state index is -0.610. The number of nitrogens with two attached hydrogens (primary N) is 1. The summed E-state index contributed by atoms with van der Waals surface area (Å²) in [6, 6.07) is 16.1. The first-order valence-electron chi connectivity index (χ1n) is 9.10. The van der Waals surface area contributed by atoms with E-state index in [1.807, 2.05) is 23.1 Å². The minimum Gasteiger partial charge on any atom is -0.341 e. The van der Waals surface area contributed by atoms with E-state index in [4.69, 9.17) is 17.3 Å². The summed E-state index contributed by atoms with van der Waals surface area (Å²) in [7, 11) is 0. The van der Waals surface area contributed by atoms with Gasteiger partial charge in [0.15, 0.2) is 0 Å². The summed E-state index contributed by atoms with van der Waals surface area (Å²) in [4.78, 5) is 27.0. The average molecular weight is 422 g/mol. The molecule has 0 spiro atoms. The molecule has 0 saturated carbocycles. The monoisotopic (exact) mass is 421 g/mol. The summed E-state index contributed by atoms with van der Waals surface area (Å²) < 4.78 is 0. The number of rotatable bonds is 5. The maximum absolute atomic E-state index is 12.9. The lowest BCUT2D eigenvalue weighted by Gasteiger charge is -2.22. The molecule has 1 aliphatic heterocycles. The minimum absolute atomic E-state index is 0. The molecule has 5 nitrogen and oxygen atoms in total. The van der Waals surface area contributed by atoms with Gasteiger partial charge in [0.2, 0.25) is 5.91 Å². The lowest BCUT2D eigenvalue weighted by atomic mass is 9.89. The number of hydrogen-bond donors (Lipinski definition) is 2. The Hall–Kier alpha value is -2.08. The lowest BCUT2D eigenvalue weighted by molar-refractivity contribution is -0.131. The van der Waals surface area contributed by atoms with Crippen LogP contribution in [0.4, 0.5) is 0 Å². The van der Waals surface area contributed by atoms with Crippen LogP contribution in [0.15, 0.2) is 54.6 Å². The quantitative estimate of drug-likeness (QED) is 0.778. The Bertz CT molecular complexity index is 799. The standard InChI is InChI=1S/C21H24ClN3O2.ClH/c1-14(24-20(26)16-7-9-18(22)10-8-16)21(27)25-12-17(11-23)19(13-25)15-5-3-2-4-6-15;/h2-10,14,17,19H,11-13,23H2,1H3,(H,24,26);1H/t14?,17-,19+;/m1./s1. The molecule has 0 aromatic heterocycles. The first-order chi connectivity index (χ1) is 13.0. The number of benzene rings is 2. The molecule has 2 aromatic rings. The van der Waals surface area contributed by atoms with Crippen molar-refractivity contribution in [2.45, 2.75) is 18.9 Å². The van der Waals surface area contributed by atoms with Crippen LogP contribution in [0.25, 0.3) is 0 Å². The van der Waals surface area contributed by atoms with Crippen molar-refractivity contribution in [1.29, 1.82) is 0 Å². The maximum Gasteiger partial charge on any atom is 0.251 e. The van der Waals surface area contributed by atoms with Crippen LogP contribution < -0.4 is 11.1 Å². The molecule has 2 amide bonds. The van der Waals surface area contributed by atoms with Gasteiger partial charge in [-0.05, 0) is 49.2 Å². The molecule has 3 N–H and O–H groups in total. The smallest absolute Gasteiger partial charge is 0.251 e. The fraction of sp³-hybridized carbons (Fsp3) is 0.333. The van der Waals surface area contributed by atoms with Gasteiger partial charge in [0.05, 0.1) is 0 Å². The zero-order valence-electron chi connectivity index (χ0n) is 15.7. The van der Waals surface area contributed by atoms with Crippen molar-refractivity contribution in [3.8, 4) is 0 Å². The van der Waals surface area contributed by atoms with Crippen LogP contribution in [0.1, 0.15) is 28.8 Å². The number of halogens is 2. The highest BCUT2D eigenvalue weighted by molar-refractivity contribution is 6.30. The van der Waals surface area contributed by atoms with Crippen LogP contribution in [-0.2, 0) is 4.79 Å². The van der Waals surface area contributed by atoms with Crippen molar-refractivity contribution in [2.75, 3.05) is 19.6 Å². The van der Waals surface area contributed by atoms with Crippen LogP contribution in [0.5, 0.6) is 0 Å². The number of carbonyl (C=O) groups excluding carboxylic acids is 2. The second-order valence-corrected chi connectivity index (χ2v) is 7.39. The fourth-order valence-electron chi connectivity index (χ4n) is 3.58. The molecule has 7 heteroatoms. The van der Waals surface area contributed by atoms with Crippen molar-refractivity contribution >= 4 is 35.8 Å². The lowest BCUT2D eigenvalue weighted by Crippen LogP contribution is -2.46. The molecular weight excluding hydrogens is 397 g/mol. The van der Waals surface area contributed by atoms with Crippen molar-refractivity contribution in [3.63, 3.8) is 0 Å². The number of likely N-dealkylation sites (tertiary alicyclic amines) is 1. The van der Waals surface area contributed by atoms with E-state index in [-0.39, 0.29) is 36.1 Å². The van der Waals surface area contributed by atoms with Gasteiger partial charge in [0, 0.05) is 29.6 Å². The molecule has 2 aromatic carbocycles. The van der Waals surface area contributed by atoms with Crippen LogP contribution in [0.3, 0.4) is 0 Å². The van der Waals surface area contributed by atoms with Crippen molar-refractivity contribution < 1.29 is 9.59 Å². The van der Waals surface area contributed by atoms with Gasteiger partial charge in [-0.3, -0.25) is 9.59 Å². The molecule has 28 heavy (non-hydrogen) atoms. The number of amides is 2. The number of nitrogens with one attached hydrogen (secondary N) is 1. The molecule has 0 aliphatic carbocycles. The maximum atomic E-state index is 12.9. The Kier molecular flexibility index (Phi) is 7.87. The van der Waals surface area contributed by atoms with Gasteiger partial charge in [0.1, 0.15) is 6.04 Å². The van der Waals surface area contributed by atoms with Gasteiger partial charge in [0.25, 0.3) is 5.91 Å². The molecule has 0 bridgehead atoms. The van der Waals surface area contributed by atoms with E-state index in [9.17, 15) is 9.59 Å². The van der Waals surface area contributed by atoms with Gasteiger partial charge in [-0.1, -0.05) is 41.9 Å². The molecule has 1 unspecified atom stereocenters. The van der Waals surface area contributed by atoms with E-state index < -0.39 is 6.04 Å². The van der Waals surface area contributed by atoms with Gasteiger partial charge in [-0.25, -0.2) is 0 Å². The second kappa shape index (κ2) is 9.92.